The van der Waals surface area contributed by atoms with Gasteiger partial charge in [0.2, 0.25) is 0 Å². The molecule has 2 rings (SSSR count). The maximum atomic E-state index is 12.8. The summed E-state index contributed by atoms with van der Waals surface area (Å²) in [7, 11) is 0. The van der Waals surface area contributed by atoms with E-state index in [0.717, 1.165) is 35.4 Å². The third-order valence-corrected chi connectivity index (χ3v) is 4.15. The smallest absolute Gasteiger partial charge is 0.174 e. The largest absolute Gasteiger partial charge is 0.492 e. The number of carbonyl (C=O) groups is 1. The first-order valence-electron chi connectivity index (χ1n) is 8.07. The number of Topliss-reactive ketones (excluding diaryl/α,β-unsaturated/α-hetero) is 1. The molecule has 0 saturated carbocycles. The van der Waals surface area contributed by atoms with E-state index < -0.39 is 0 Å². The van der Waals surface area contributed by atoms with Crippen LogP contribution in [0.5, 0.6) is 5.75 Å². The quantitative estimate of drug-likeness (QED) is 0.812. The zero-order valence-electron chi connectivity index (χ0n) is 13.7. The first-order valence-corrected chi connectivity index (χ1v) is 8.07. The zero-order chi connectivity index (χ0) is 15.4. The van der Waals surface area contributed by atoms with Gasteiger partial charge in [-0.15, -0.1) is 0 Å². The number of rotatable bonds is 6. The van der Waals surface area contributed by atoms with E-state index in [2.05, 4.69) is 38.2 Å². The summed E-state index contributed by atoms with van der Waals surface area (Å²) in [4.78, 5) is 12.8. The highest BCUT2D eigenvalue weighted by Gasteiger charge is 2.32. The molecule has 0 saturated heterocycles. The lowest BCUT2D eigenvalue weighted by atomic mass is 9.86. The maximum absolute atomic E-state index is 12.8. The lowest BCUT2D eigenvalue weighted by Gasteiger charge is -2.28. The van der Waals surface area contributed by atoms with E-state index in [1.165, 1.54) is 6.42 Å². The number of carbonyl (C=O) groups excluding carboxylic acids is 1. The normalized spacial score (nSPS) is 17.8. The van der Waals surface area contributed by atoms with Crippen molar-refractivity contribution in [2.24, 2.45) is 5.92 Å². The van der Waals surface area contributed by atoms with Crippen molar-refractivity contribution in [1.29, 1.82) is 0 Å². The highest BCUT2D eigenvalue weighted by molar-refractivity contribution is 6.03. The number of ether oxygens (including phenoxy) is 1. The van der Waals surface area contributed by atoms with Crippen molar-refractivity contribution in [2.75, 3.05) is 19.7 Å². The second-order valence-electron chi connectivity index (χ2n) is 6.26. The van der Waals surface area contributed by atoms with Crippen molar-refractivity contribution in [3.63, 3.8) is 0 Å². The van der Waals surface area contributed by atoms with Crippen LogP contribution in [0.15, 0.2) is 12.1 Å². The average Bonchev–Trinajstić information content (AvgIpc) is 2.46. The van der Waals surface area contributed by atoms with Gasteiger partial charge in [0.25, 0.3) is 0 Å². The number of aryl methyl sites for hydroxylation is 1. The Morgan fingerprint density at radius 2 is 2.14 bits per heavy atom. The van der Waals surface area contributed by atoms with Gasteiger partial charge in [-0.2, -0.15) is 0 Å². The van der Waals surface area contributed by atoms with Gasteiger partial charge in [0.15, 0.2) is 5.78 Å². The van der Waals surface area contributed by atoms with Gasteiger partial charge in [-0.1, -0.05) is 39.3 Å². The molecule has 1 atom stereocenters. The molecule has 1 aromatic rings. The Labute approximate surface area is 128 Å². The summed E-state index contributed by atoms with van der Waals surface area (Å²) in [5, 5.41) is 3.38. The Bertz CT molecular complexity index is 508. The maximum Gasteiger partial charge on any atom is 0.174 e. The van der Waals surface area contributed by atoms with Gasteiger partial charge in [0, 0.05) is 6.54 Å². The molecule has 1 N–H and O–H groups in total. The standard InChI is InChI=1S/C18H27NO2/c1-5-6-9-19-10-14-11-21-18-13(4)7-8-15(12(2)3)16(18)17(14)20/h7-8,12,14,19H,5-6,9-11H2,1-4H3. The molecule has 1 heterocycles. The first-order chi connectivity index (χ1) is 10.1. The third kappa shape index (κ3) is 3.46. The van der Waals surface area contributed by atoms with Crippen LogP contribution in [0, 0.1) is 12.8 Å². The highest BCUT2D eigenvalue weighted by atomic mass is 16.5. The Morgan fingerprint density at radius 3 is 2.81 bits per heavy atom. The summed E-state index contributed by atoms with van der Waals surface area (Å²) in [6, 6.07) is 4.13. The van der Waals surface area contributed by atoms with Crippen LogP contribution >= 0.6 is 0 Å². The summed E-state index contributed by atoms with van der Waals surface area (Å²) < 4.78 is 5.92. The number of hydrogen-bond acceptors (Lipinski definition) is 3. The molecule has 0 radical (unpaired) electrons. The van der Waals surface area contributed by atoms with Crippen LogP contribution < -0.4 is 10.1 Å². The number of fused-ring (bicyclic) bond motifs is 1. The average molecular weight is 289 g/mol. The van der Waals surface area contributed by atoms with Crippen molar-refractivity contribution in [3.05, 3.63) is 28.8 Å². The predicted molar refractivity (Wildman–Crippen MR) is 86.4 cm³/mol. The minimum absolute atomic E-state index is 0.0614. The second kappa shape index (κ2) is 7.08. The van der Waals surface area contributed by atoms with Crippen LogP contribution in [-0.2, 0) is 0 Å². The van der Waals surface area contributed by atoms with E-state index in [1.54, 1.807) is 0 Å². The van der Waals surface area contributed by atoms with E-state index in [0.29, 0.717) is 19.1 Å². The van der Waals surface area contributed by atoms with Crippen molar-refractivity contribution in [2.45, 2.75) is 46.5 Å². The van der Waals surface area contributed by atoms with Gasteiger partial charge in [-0.3, -0.25) is 4.79 Å². The minimum atomic E-state index is -0.0614. The summed E-state index contributed by atoms with van der Waals surface area (Å²) in [5.74, 6) is 1.32. The van der Waals surface area contributed by atoms with Gasteiger partial charge in [0.05, 0.1) is 18.1 Å². The molecule has 21 heavy (non-hydrogen) atoms. The summed E-state index contributed by atoms with van der Waals surface area (Å²) in [6.45, 7) is 10.6. The van der Waals surface area contributed by atoms with Gasteiger partial charge in [-0.05, 0) is 36.9 Å². The highest BCUT2D eigenvalue weighted by Crippen LogP contribution is 2.36. The van der Waals surface area contributed by atoms with E-state index in [-0.39, 0.29) is 11.7 Å². The molecule has 0 aromatic heterocycles. The van der Waals surface area contributed by atoms with Gasteiger partial charge >= 0.3 is 0 Å². The monoisotopic (exact) mass is 289 g/mol. The molecule has 0 amide bonds. The number of ketones is 1. The van der Waals surface area contributed by atoms with Crippen molar-refractivity contribution >= 4 is 5.78 Å². The molecule has 1 aliphatic heterocycles. The molecule has 1 aliphatic rings. The van der Waals surface area contributed by atoms with E-state index in [1.807, 2.05) is 6.92 Å². The van der Waals surface area contributed by atoms with Crippen LogP contribution in [0.2, 0.25) is 0 Å². The molecule has 0 bridgehead atoms. The predicted octanol–water partition coefficient (Wildman–Crippen LogP) is 3.70. The number of unbranched alkanes of at least 4 members (excludes halogenated alkanes) is 1. The van der Waals surface area contributed by atoms with Gasteiger partial charge in [-0.25, -0.2) is 0 Å². The minimum Gasteiger partial charge on any atom is -0.492 e. The van der Waals surface area contributed by atoms with Crippen LogP contribution in [0.3, 0.4) is 0 Å². The Balaban J connectivity index is 2.19. The first kappa shape index (κ1) is 16.0. The lowest BCUT2D eigenvalue weighted by Crippen LogP contribution is -2.37. The van der Waals surface area contributed by atoms with E-state index >= 15 is 0 Å². The fraction of sp³-hybridized carbons (Fsp3) is 0.611. The van der Waals surface area contributed by atoms with Crippen LogP contribution in [0.25, 0.3) is 0 Å². The molecular formula is C18H27NO2. The van der Waals surface area contributed by atoms with Crippen LogP contribution in [0.4, 0.5) is 0 Å². The molecule has 3 heteroatoms. The second-order valence-corrected chi connectivity index (χ2v) is 6.26. The Kier molecular flexibility index (Phi) is 5.40. The SMILES string of the molecule is CCCCNCC1COc2c(C)ccc(C(C)C)c2C1=O. The summed E-state index contributed by atoms with van der Waals surface area (Å²) in [5.41, 5.74) is 2.98. The van der Waals surface area contributed by atoms with Crippen molar-refractivity contribution < 1.29 is 9.53 Å². The molecule has 0 spiro atoms. The Morgan fingerprint density at radius 1 is 1.38 bits per heavy atom. The van der Waals surface area contributed by atoms with Crippen molar-refractivity contribution in [3.8, 4) is 5.75 Å². The zero-order valence-corrected chi connectivity index (χ0v) is 13.7. The summed E-state index contributed by atoms with van der Waals surface area (Å²) >= 11 is 0. The lowest BCUT2D eigenvalue weighted by molar-refractivity contribution is 0.0826. The molecular weight excluding hydrogens is 262 g/mol. The molecule has 3 nitrogen and oxygen atoms in total. The van der Waals surface area contributed by atoms with E-state index in [4.69, 9.17) is 4.74 Å². The topological polar surface area (TPSA) is 38.3 Å². The molecule has 0 fully saturated rings. The van der Waals surface area contributed by atoms with Crippen LogP contribution in [-0.4, -0.2) is 25.5 Å². The Hall–Kier alpha value is -1.35. The number of hydrogen-bond donors (Lipinski definition) is 1. The van der Waals surface area contributed by atoms with Crippen molar-refractivity contribution in [1.82, 2.24) is 5.32 Å². The fourth-order valence-electron chi connectivity index (χ4n) is 2.82. The molecule has 116 valence electrons. The number of benzene rings is 1. The number of nitrogens with one attached hydrogen (secondary N) is 1. The third-order valence-electron chi connectivity index (χ3n) is 4.15. The molecule has 1 unspecified atom stereocenters. The van der Waals surface area contributed by atoms with Gasteiger partial charge < -0.3 is 10.1 Å². The van der Waals surface area contributed by atoms with E-state index in [9.17, 15) is 4.79 Å². The molecule has 1 aromatic carbocycles. The van der Waals surface area contributed by atoms with Gasteiger partial charge in [0.1, 0.15) is 5.75 Å². The molecule has 0 aliphatic carbocycles. The van der Waals surface area contributed by atoms with Crippen LogP contribution in [0.1, 0.15) is 61.0 Å². The fourth-order valence-corrected chi connectivity index (χ4v) is 2.82. The summed E-state index contributed by atoms with van der Waals surface area (Å²) in [6.07, 6.45) is 2.32.